The Morgan fingerprint density at radius 2 is 1.67 bits per heavy atom. The highest BCUT2D eigenvalue weighted by atomic mass is 16.6. The SMILES string of the molecule is CC(C)CC(C)C(=O)N[C@@H](Cc1ccccc1)C(=O)OC(C)(C)C. The van der Waals surface area contributed by atoms with Gasteiger partial charge in [-0.3, -0.25) is 4.79 Å². The third-order valence-corrected chi connectivity index (χ3v) is 3.56. The zero-order chi connectivity index (χ0) is 18.3. The number of hydrogen-bond donors (Lipinski definition) is 1. The molecule has 4 heteroatoms. The van der Waals surface area contributed by atoms with Crippen molar-refractivity contribution in [3.8, 4) is 0 Å². The van der Waals surface area contributed by atoms with Crippen LogP contribution in [0.5, 0.6) is 0 Å². The van der Waals surface area contributed by atoms with Gasteiger partial charge < -0.3 is 10.1 Å². The summed E-state index contributed by atoms with van der Waals surface area (Å²) in [6.45, 7) is 11.5. The number of hydrogen-bond acceptors (Lipinski definition) is 3. The van der Waals surface area contributed by atoms with Crippen LogP contribution in [-0.2, 0) is 20.7 Å². The number of benzene rings is 1. The minimum Gasteiger partial charge on any atom is -0.458 e. The fourth-order valence-electron chi connectivity index (χ4n) is 2.54. The van der Waals surface area contributed by atoms with Crippen molar-refractivity contribution in [2.24, 2.45) is 11.8 Å². The van der Waals surface area contributed by atoms with E-state index in [2.05, 4.69) is 19.2 Å². The summed E-state index contributed by atoms with van der Waals surface area (Å²) in [6.07, 6.45) is 1.22. The fourth-order valence-corrected chi connectivity index (χ4v) is 2.54. The van der Waals surface area contributed by atoms with Crippen LogP contribution in [0, 0.1) is 11.8 Å². The smallest absolute Gasteiger partial charge is 0.329 e. The molecule has 1 unspecified atom stereocenters. The minimum absolute atomic E-state index is 0.101. The van der Waals surface area contributed by atoms with E-state index in [1.165, 1.54) is 0 Å². The Morgan fingerprint density at radius 1 is 1.08 bits per heavy atom. The second kappa shape index (κ2) is 8.86. The fraction of sp³-hybridized carbons (Fsp3) is 0.600. The van der Waals surface area contributed by atoms with Crippen molar-refractivity contribution in [2.45, 2.75) is 66.0 Å². The summed E-state index contributed by atoms with van der Waals surface area (Å²) in [6, 6.07) is 8.99. The first-order valence-corrected chi connectivity index (χ1v) is 8.65. The molecule has 1 rings (SSSR count). The van der Waals surface area contributed by atoms with Gasteiger partial charge in [-0.05, 0) is 38.7 Å². The van der Waals surface area contributed by atoms with Gasteiger partial charge in [0.25, 0.3) is 0 Å². The Balaban J connectivity index is 2.84. The van der Waals surface area contributed by atoms with Crippen molar-refractivity contribution in [3.05, 3.63) is 35.9 Å². The highest BCUT2D eigenvalue weighted by molar-refractivity contribution is 5.86. The molecule has 0 aliphatic heterocycles. The number of esters is 1. The lowest BCUT2D eigenvalue weighted by Gasteiger charge is -2.26. The molecule has 0 aliphatic carbocycles. The first-order chi connectivity index (χ1) is 11.1. The lowest BCUT2D eigenvalue weighted by atomic mass is 9.97. The van der Waals surface area contributed by atoms with E-state index in [-0.39, 0.29) is 11.8 Å². The van der Waals surface area contributed by atoms with Crippen LogP contribution in [0.4, 0.5) is 0 Å². The van der Waals surface area contributed by atoms with Crippen molar-refractivity contribution in [2.75, 3.05) is 0 Å². The summed E-state index contributed by atoms with van der Waals surface area (Å²) >= 11 is 0. The van der Waals surface area contributed by atoms with Gasteiger partial charge in [-0.25, -0.2) is 4.79 Å². The summed E-state index contributed by atoms with van der Waals surface area (Å²) < 4.78 is 5.48. The van der Waals surface area contributed by atoms with Crippen LogP contribution in [0.15, 0.2) is 30.3 Å². The molecule has 1 N–H and O–H groups in total. The van der Waals surface area contributed by atoms with Gasteiger partial charge in [0.2, 0.25) is 5.91 Å². The van der Waals surface area contributed by atoms with E-state index in [0.717, 1.165) is 12.0 Å². The Hall–Kier alpha value is -1.84. The molecule has 0 heterocycles. The number of ether oxygens (including phenoxy) is 1. The van der Waals surface area contributed by atoms with Gasteiger partial charge in [0.05, 0.1) is 0 Å². The van der Waals surface area contributed by atoms with Gasteiger partial charge in [-0.1, -0.05) is 51.1 Å². The maximum absolute atomic E-state index is 12.5. The van der Waals surface area contributed by atoms with E-state index in [1.54, 1.807) is 0 Å². The first-order valence-electron chi connectivity index (χ1n) is 8.65. The highest BCUT2D eigenvalue weighted by Gasteiger charge is 2.28. The van der Waals surface area contributed by atoms with Crippen LogP contribution in [0.3, 0.4) is 0 Å². The second-order valence-corrected chi connectivity index (χ2v) is 7.81. The van der Waals surface area contributed by atoms with E-state index in [9.17, 15) is 9.59 Å². The third-order valence-electron chi connectivity index (χ3n) is 3.56. The molecule has 1 amide bonds. The van der Waals surface area contributed by atoms with Crippen molar-refractivity contribution in [1.29, 1.82) is 0 Å². The molecule has 0 fully saturated rings. The summed E-state index contributed by atoms with van der Waals surface area (Å²) in [5, 5.41) is 2.88. The summed E-state index contributed by atoms with van der Waals surface area (Å²) in [5.74, 6) is -0.197. The molecule has 0 saturated carbocycles. The monoisotopic (exact) mass is 333 g/mol. The van der Waals surface area contributed by atoms with Gasteiger partial charge in [-0.2, -0.15) is 0 Å². The Kier molecular flexibility index (Phi) is 7.46. The average Bonchev–Trinajstić information content (AvgIpc) is 2.45. The maximum Gasteiger partial charge on any atom is 0.329 e. The predicted octanol–water partition coefficient (Wildman–Crippen LogP) is 3.74. The van der Waals surface area contributed by atoms with Gasteiger partial charge in [-0.15, -0.1) is 0 Å². The Labute approximate surface area is 146 Å². The standard InChI is InChI=1S/C20H31NO3/c1-14(2)12-15(3)18(22)21-17(19(23)24-20(4,5)6)13-16-10-8-7-9-11-16/h7-11,14-15,17H,12-13H2,1-6H3,(H,21,22)/t15?,17-/m0/s1. The number of nitrogens with one attached hydrogen (secondary N) is 1. The molecule has 0 bridgehead atoms. The lowest BCUT2D eigenvalue weighted by Crippen LogP contribution is -2.47. The summed E-state index contributed by atoms with van der Waals surface area (Å²) in [5.41, 5.74) is 0.408. The van der Waals surface area contributed by atoms with Crippen molar-refractivity contribution in [1.82, 2.24) is 5.32 Å². The topological polar surface area (TPSA) is 55.4 Å². The van der Waals surface area contributed by atoms with Gasteiger partial charge in [0.15, 0.2) is 0 Å². The molecule has 1 aromatic carbocycles. The van der Waals surface area contributed by atoms with E-state index >= 15 is 0 Å². The number of carbonyl (C=O) groups is 2. The molecule has 1 aromatic rings. The van der Waals surface area contributed by atoms with Crippen LogP contribution >= 0.6 is 0 Å². The largest absolute Gasteiger partial charge is 0.458 e. The molecule has 2 atom stereocenters. The number of amides is 1. The van der Waals surface area contributed by atoms with E-state index in [0.29, 0.717) is 12.3 Å². The molecule has 4 nitrogen and oxygen atoms in total. The normalized spacial score (nSPS) is 14.1. The second-order valence-electron chi connectivity index (χ2n) is 7.81. The number of carbonyl (C=O) groups excluding carboxylic acids is 2. The Morgan fingerprint density at radius 3 is 2.17 bits per heavy atom. The summed E-state index contributed by atoms with van der Waals surface area (Å²) in [7, 11) is 0. The third kappa shape index (κ3) is 7.62. The highest BCUT2D eigenvalue weighted by Crippen LogP contribution is 2.14. The molecule has 0 spiro atoms. The number of rotatable bonds is 7. The molecule has 24 heavy (non-hydrogen) atoms. The molecule has 0 saturated heterocycles. The maximum atomic E-state index is 12.5. The minimum atomic E-state index is -0.672. The zero-order valence-corrected chi connectivity index (χ0v) is 15.8. The predicted molar refractivity (Wildman–Crippen MR) is 96.5 cm³/mol. The lowest BCUT2D eigenvalue weighted by molar-refractivity contribution is -0.158. The van der Waals surface area contributed by atoms with E-state index in [1.807, 2.05) is 58.0 Å². The quantitative estimate of drug-likeness (QED) is 0.773. The van der Waals surface area contributed by atoms with Crippen LogP contribution in [0.25, 0.3) is 0 Å². The molecular weight excluding hydrogens is 302 g/mol. The molecule has 0 aliphatic rings. The van der Waals surface area contributed by atoms with Crippen LogP contribution in [0.1, 0.15) is 53.5 Å². The molecule has 134 valence electrons. The van der Waals surface area contributed by atoms with Gasteiger partial charge in [0.1, 0.15) is 11.6 Å². The van der Waals surface area contributed by atoms with Crippen LogP contribution in [-0.4, -0.2) is 23.5 Å². The van der Waals surface area contributed by atoms with Gasteiger partial charge in [0, 0.05) is 12.3 Å². The van der Waals surface area contributed by atoms with Crippen molar-refractivity contribution >= 4 is 11.9 Å². The van der Waals surface area contributed by atoms with E-state index in [4.69, 9.17) is 4.74 Å². The average molecular weight is 333 g/mol. The first kappa shape index (κ1) is 20.2. The molecular formula is C20H31NO3. The molecule has 0 radical (unpaired) electrons. The van der Waals surface area contributed by atoms with Gasteiger partial charge >= 0.3 is 5.97 Å². The van der Waals surface area contributed by atoms with Crippen LogP contribution < -0.4 is 5.32 Å². The molecule has 0 aromatic heterocycles. The van der Waals surface area contributed by atoms with Crippen LogP contribution in [0.2, 0.25) is 0 Å². The Bertz CT molecular complexity index is 532. The van der Waals surface area contributed by atoms with Crippen molar-refractivity contribution < 1.29 is 14.3 Å². The van der Waals surface area contributed by atoms with Crippen molar-refractivity contribution in [3.63, 3.8) is 0 Å². The zero-order valence-electron chi connectivity index (χ0n) is 15.8. The summed E-state index contributed by atoms with van der Waals surface area (Å²) in [4.78, 5) is 24.9. The van der Waals surface area contributed by atoms with E-state index < -0.39 is 17.6 Å².